The highest BCUT2D eigenvalue weighted by molar-refractivity contribution is 5.94. The maximum Gasteiger partial charge on any atom is 0.272 e. The van der Waals surface area contributed by atoms with E-state index >= 15 is 0 Å². The quantitative estimate of drug-likeness (QED) is 0.555. The second kappa shape index (κ2) is 7.09. The normalized spacial score (nSPS) is 16.4. The number of aromatic amines is 2. The number of amides is 1. The van der Waals surface area contributed by atoms with E-state index < -0.39 is 0 Å². The molecule has 1 aliphatic rings. The molecule has 2 aromatic heterocycles. The Bertz CT molecular complexity index is 1150. The summed E-state index contributed by atoms with van der Waals surface area (Å²) in [7, 11) is 1.62. The Morgan fingerprint density at radius 1 is 1.17 bits per heavy atom. The van der Waals surface area contributed by atoms with Gasteiger partial charge >= 0.3 is 0 Å². The molecule has 0 radical (unpaired) electrons. The summed E-state index contributed by atoms with van der Waals surface area (Å²) >= 11 is 0. The molecule has 7 heteroatoms. The molecule has 1 aliphatic heterocycles. The van der Waals surface area contributed by atoms with Gasteiger partial charge in [-0.2, -0.15) is 5.10 Å². The van der Waals surface area contributed by atoms with Crippen LogP contribution in [0.15, 0.2) is 54.6 Å². The smallest absolute Gasteiger partial charge is 0.272 e. The highest BCUT2D eigenvalue weighted by atomic mass is 16.5. The predicted octanol–water partition coefficient (Wildman–Crippen LogP) is 3.94. The average molecular weight is 387 g/mol. The largest absolute Gasteiger partial charge is 0.496 e. The number of methoxy groups -OCH3 is 1. The van der Waals surface area contributed by atoms with Crippen LogP contribution >= 0.6 is 0 Å². The number of hydrogen-bond donors (Lipinski definition) is 2. The van der Waals surface area contributed by atoms with Gasteiger partial charge < -0.3 is 14.6 Å². The first-order valence-corrected chi connectivity index (χ1v) is 9.69. The zero-order valence-electron chi connectivity index (χ0n) is 16.1. The molecule has 1 atom stereocenters. The summed E-state index contributed by atoms with van der Waals surface area (Å²) in [6, 6.07) is 17.3. The number of aromatic nitrogens is 4. The van der Waals surface area contributed by atoms with Gasteiger partial charge in [0.2, 0.25) is 0 Å². The van der Waals surface area contributed by atoms with E-state index in [2.05, 4.69) is 15.2 Å². The molecule has 1 saturated heterocycles. The van der Waals surface area contributed by atoms with Crippen LogP contribution in [0.1, 0.15) is 35.2 Å². The van der Waals surface area contributed by atoms with Crippen LogP contribution in [-0.4, -0.2) is 44.6 Å². The van der Waals surface area contributed by atoms with Crippen LogP contribution in [0.2, 0.25) is 0 Å². The maximum atomic E-state index is 13.2. The third kappa shape index (κ3) is 3.04. The van der Waals surface area contributed by atoms with E-state index in [-0.39, 0.29) is 11.9 Å². The number of para-hydroxylation sites is 3. The van der Waals surface area contributed by atoms with Gasteiger partial charge in [0.15, 0.2) is 0 Å². The van der Waals surface area contributed by atoms with E-state index in [1.807, 2.05) is 53.4 Å². The molecule has 1 fully saturated rings. The molecule has 0 spiro atoms. The Balaban J connectivity index is 1.43. The van der Waals surface area contributed by atoms with Gasteiger partial charge in [-0.25, -0.2) is 4.98 Å². The number of hydrogen-bond acceptors (Lipinski definition) is 4. The lowest BCUT2D eigenvalue weighted by Gasteiger charge is -2.22. The zero-order chi connectivity index (χ0) is 19.8. The van der Waals surface area contributed by atoms with Gasteiger partial charge in [-0.05, 0) is 43.2 Å². The molecule has 1 amide bonds. The predicted molar refractivity (Wildman–Crippen MR) is 110 cm³/mol. The number of imidazole rings is 1. The van der Waals surface area contributed by atoms with Crippen molar-refractivity contribution in [3.8, 4) is 17.0 Å². The number of nitrogens with one attached hydrogen (secondary N) is 2. The van der Waals surface area contributed by atoms with Crippen LogP contribution in [-0.2, 0) is 0 Å². The standard InChI is InChI=1S/C22H21N5O2/c1-29-20-11-5-2-7-14(20)17-13-18(26-25-17)22(28)27-12-6-10-19(27)21-23-15-8-3-4-9-16(15)24-21/h2-5,7-9,11,13,19H,6,10,12H2,1H3,(H,23,24)(H,25,26)/t19-/m0/s1. The number of rotatable bonds is 4. The highest BCUT2D eigenvalue weighted by Crippen LogP contribution is 2.33. The molecule has 2 N–H and O–H groups in total. The maximum absolute atomic E-state index is 13.2. The minimum absolute atomic E-state index is 0.0621. The van der Waals surface area contributed by atoms with Gasteiger partial charge in [-0.3, -0.25) is 9.89 Å². The average Bonchev–Trinajstić information content (AvgIpc) is 3.51. The van der Waals surface area contributed by atoms with Crippen molar-refractivity contribution in [2.45, 2.75) is 18.9 Å². The third-order valence-corrected chi connectivity index (χ3v) is 5.43. The lowest BCUT2D eigenvalue weighted by Crippen LogP contribution is -2.31. The molecule has 0 unspecified atom stereocenters. The number of likely N-dealkylation sites (tertiary alicyclic amines) is 1. The summed E-state index contributed by atoms with van der Waals surface area (Å²) in [5.74, 6) is 1.49. The van der Waals surface area contributed by atoms with Crippen LogP contribution < -0.4 is 4.74 Å². The Hall–Kier alpha value is -3.61. The first-order chi connectivity index (χ1) is 14.2. The van der Waals surface area contributed by atoms with E-state index in [0.29, 0.717) is 17.9 Å². The Kier molecular flexibility index (Phi) is 4.27. The lowest BCUT2D eigenvalue weighted by atomic mass is 10.1. The van der Waals surface area contributed by atoms with E-state index in [1.54, 1.807) is 13.2 Å². The molecule has 2 aromatic carbocycles. The van der Waals surface area contributed by atoms with Crippen molar-refractivity contribution in [3.05, 3.63) is 66.1 Å². The second-order valence-electron chi connectivity index (χ2n) is 7.16. The van der Waals surface area contributed by atoms with Gasteiger partial charge in [0.25, 0.3) is 5.91 Å². The van der Waals surface area contributed by atoms with Gasteiger partial charge in [0, 0.05) is 12.1 Å². The van der Waals surface area contributed by atoms with Crippen molar-refractivity contribution in [2.75, 3.05) is 13.7 Å². The number of fused-ring (bicyclic) bond motifs is 1. The molecular weight excluding hydrogens is 366 g/mol. The van der Waals surface area contributed by atoms with E-state index in [9.17, 15) is 4.79 Å². The van der Waals surface area contributed by atoms with Crippen LogP contribution in [0.25, 0.3) is 22.3 Å². The van der Waals surface area contributed by atoms with E-state index in [1.165, 1.54) is 0 Å². The number of carbonyl (C=O) groups excluding carboxylic acids is 1. The molecular formula is C22H21N5O2. The highest BCUT2D eigenvalue weighted by Gasteiger charge is 2.33. The number of ether oxygens (including phenoxy) is 1. The monoisotopic (exact) mass is 387 g/mol. The molecule has 29 heavy (non-hydrogen) atoms. The summed E-state index contributed by atoms with van der Waals surface area (Å²) in [5.41, 5.74) is 3.91. The third-order valence-electron chi connectivity index (χ3n) is 5.43. The van der Waals surface area contributed by atoms with Crippen molar-refractivity contribution < 1.29 is 9.53 Å². The molecule has 0 bridgehead atoms. The molecule has 4 aromatic rings. The van der Waals surface area contributed by atoms with Crippen LogP contribution in [0.5, 0.6) is 5.75 Å². The number of nitrogens with zero attached hydrogens (tertiary/aromatic N) is 3. The summed E-state index contributed by atoms with van der Waals surface area (Å²) in [6.45, 7) is 0.698. The van der Waals surface area contributed by atoms with Crippen molar-refractivity contribution >= 4 is 16.9 Å². The van der Waals surface area contributed by atoms with Gasteiger partial charge in [0.05, 0.1) is 29.9 Å². The molecule has 0 aliphatic carbocycles. The fraction of sp³-hybridized carbons (Fsp3) is 0.227. The van der Waals surface area contributed by atoms with Crippen molar-refractivity contribution in [2.24, 2.45) is 0 Å². The Morgan fingerprint density at radius 2 is 2.00 bits per heavy atom. The molecule has 7 nitrogen and oxygen atoms in total. The molecule has 146 valence electrons. The minimum Gasteiger partial charge on any atom is -0.496 e. The van der Waals surface area contributed by atoms with E-state index in [0.717, 1.165) is 41.0 Å². The van der Waals surface area contributed by atoms with Crippen molar-refractivity contribution in [1.82, 2.24) is 25.1 Å². The molecule has 0 saturated carbocycles. The topological polar surface area (TPSA) is 86.9 Å². The van der Waals surface area contributed by atoms with Gasteiger partial charge in [-0.15, -0.1) is 0 Å². The van der Waals surface area contributed by atoms with Crippen molar-refractivity contribution in [1.29, 1.82) is 0 Å². The summed E-state index contributed by atoms with van der Waals surface area (Å²) < 4.78 is 5.41. The first kappa shape index (κ1) is 17.5. The summed E-state index contributed by atoms with van der Waals surface area (Å²) in [5, 5.41) is 7.25. The minimum atomic E-state index is -0.0680. The number of benzene rings is 2. The summed E-state index contributed by atoms with van der Waals surface area (Å²) in [4.78, 5) is 23.2. The molecule has 3 heterocycles. The number of H-pyrrole nitrogens is 2. The fourth-order valence-corrected chi connectivity index (χ4v) is 4.00. The van der Waals surface area contributed by atoms with Crippen LogP contribution in [0.3, 0.4) is 0 Å². The Morgan fingerprint density at radius 3 is 2.86 bits per heavy atom. The second-order valence-corrected chi connectivity index (χ2v) is 7.16. The zero-order valence-corrected chi connectivity index (χ0v) is 16.1. The summed E-state index contributed by atoms with van der Waals surface area (Å²) in [6.07, 6.45) is 1.83. The van der Waals surface area contributed by atoms with Crippen molar-refractivity contribution in [3.63, 3.8) is 0 Å². The lowest BCUT2D eigenvalue weighted by molar-refractivity contribution is 0.0724. The first-order valence-electron chi connectivity index (χ1n) is 9.69. The van der Waals surface area contributed by atoms with Crippen LogP contribution in [0, 0.1) is 0 Å². The SMILES string of the molecule is COc1ccccc1-c1cc(C(=O)N2CCC[C@H]2c2nc3ccccc3[nH]2)[nH]n1. The van der Waals surface area contributed by atoms with Gasteiger partial charge in [-0.1, -0.05) is 24.3 Å². The van der Waals surface area contributed by atoms with Crippen LogP contribution in [0.4, 0.5) is 0 Å². The fourth-order valence-electron chi connectivity index (χ4n) is 4.00. The number of carbonyl (C=O) groups is 1. The Labute approximate surface area is 167 Å². The van der Waals surface area contributed by atoms with E-state index in [4.69, 9.17) is 9.72 Å². The molecule has 5 rings (SSSR count). The van der Waals surface area contributed by atoms with Gasteiger partial charge in [0.1, 0.15) is 17.3 Å².